The molecule has 1 aromatic carbocycles. The Morgan fingerprint density at radius 1 is 1.56 bits per heavy atom. The Morgan fingerprint density at radius 3 is 3.00 bits per heavy atom. The predicted octanol–water partition coefficient (Wildman–Crippen LogP) is 3.96. The molecular formula is C17H16FN5O2S2. The molecule has 27 heavy (non-hydrogen) atoms. The standard InChI is InChI=1S/C17H16FN5O2S2/c1-4-7-23-14(21-22-17(23)26)13-9(2)19-16(27-13)20-15(24)10-5-6-12(25-3)11(18)8-10/h4-6,8H,1,7H2,2-3H3,(H,22,26)(H,19,20,24). The number of nitrogens with one attached hydrogen (secondary N) is 2. The number of rotatable bonds is 6. The highest BCUT2D eigenvalue weighted by Gasteiger charge is 2.18. The molecule has 0 aliphatic carbocycles. The minimum absolute atomic E-state index is 0.0731. The number of thiazole rings is 1. The van der Waals surface area contributed by atoms with Gasteiger partial charge in [0.05, 0.1) is 17.7 Å². The first-order valence-corrected chi connectivity index (χ1v) is 9.05. The minimum Gasteiger partial charge on any atom is -0.494 e. The third kappa shape index (κ3) is 3.81. The van der Waals surface area contributed by atoms with E-state index in [4.69, 9.17) is 17.0 Å². The number of aromatic nitrogens is 4. The van der Waals surface area contributed by atoms with E-state index in [1.54, 1.807) is 10.6 Å². The fourth-order valence-electron chi connectivity index (χ4n) is 2.42. The topological polar surface area (TPSA) is 84.8 Å². The van der Waals surface area contributed by atoms with E-state index in [0.717, 1.165) is 10.9 Å². The Morgan fingerprint density at radius 2 is 2.33 bits per heavy atom. The number of halogens is 1. The van der Waals surface area contributed by atoms with Crippen LogP contribution in [-0.2, 0) is 6.54 Å². The maximum Gasteiger partial charge on any atom is 0.257 e. The van der Waals surface area contributed by atoms with E-state index in [1.165, 1.54) is 30.6 Å². The van der Waals surface area contributed by atoms with Crippen molar-refractivity contribution < 1.29 is 13.9 Å². The molecule has 3 aromatic rings. The van der Waals surface area contributed by atoms with Gasteiger partial charge >= 0.3 is 0 Å². The molecule has 0 saturated heterocycles. The molecule has 0 unspecified atom stereocenters. The summed E-state index contributed by atoms with van der Waals surface area (Å²) in [6.45, 7) is 6.02. The molecule has 0 atom stereocenters. The zero-order valence-corrected chi connectivity index (χ0v) is 16.2. The number of allylic oxidation sites excluding steroid dienone is 1. The quantitative estimate of drug-likeness (QED) is 0.479. The lowest BCUT2D eigenvalue weighted by Crippen LogP contribution is -2.12. The van der Waals surface area contributed by atoms with E-state index in [2.05, 4.69) is 27.1 Å². The number of nitrogens with zero attached hydrogens (tertiary/aromatic N) is 3. The van der Waals surface area contributed by atoms with Gasteiger partial charge in [-0.05, 0) is 37.3 Å². The van der Waals surface area contributed by atoms with Crippen molar-refractivity contribution in [3.63, 3.8) is 0 Å². The molecule has 0 bridgehead atoms. The van der Waals surface area contributed by atoms with Crippen LogP contribution < -0.4 is 10.1 Å². The lowest BCUT2D eigenvalue weighted by Gasteiger charge is -2.05. The van der Waals surface area contributed by atoms with Crippen LogP contribution in [-0.4, -0.2) is 32.8 Å². The number of hydrogen-bond donors (Lipinski definition) is 2. The van der Waals surface area contributed by atoms with Crippen LogP contribution in [0.15, 0.2) is 30.9 Å². The zero-order valence-electron chi connectivity index (χ0n) is 14.6. The Balaban J connectivity index is 1.87. The van der Waals surface area contributed by atoms with Crippen molar-refractivity contribution in [2.75, 3.05) is 12.4 Å². The third-order valence-corrected chi connectivity index (χ3v) is 5.08. The van der Waals surface area contributed by atoms with Gasteiger partial charge in [0.15, 0.2) is 27.3 Å². The number of hydrogen-bond acceptors (Lipinski definition) is 6. The van der Waals surface area contributed by atoms with Crippen molar-refractivity contribution in [2.45, 2.75) is 13.5 Å². The minimum atomic E-state index is -0.610. The number of anilines is 1. The normalized spacial score (nSPS) is 10.6. The molecule has 10 heteroatoms. The number of methoxy groups -OCH3 is 1. The molecule has 0 aliphatic rings. The number of carbonyl (C=O) groups excluding carboxylic acids is 1. The molecule has 0 fully saturated rings. The summed E-state index contributed by atoms with van der Waals surface area (Å²) in [7, 11) is 1.36. The Bertz CT molecular complexity index is 1070. The fourth-order valence-corrected chi connectivity index (χ4v) is 3.59. The van der Waals surface area contributed by atoms with Crippen LogP contribution in [0.1, 0.15) is 16.1 Å². The Hall–Kier alpha value is -2.85. The van der Waals surface area contributed by atoms with Crippen LogP contribution in [0.4, 0.5) is 9.52 Å². The van der Waals surface area contributed by atoms with Crippen molar-refractivity contribution in [3.8, 4) is 16.5 Å². The van der Waals surface area contributed by atoms with Crippen molar-refractivity contribution in [1.82, 2.24) is 19.7 Å². The van der Waals surface area contributed by atoms with Crippen molar-refractivity contribution in [3.05, 3.63) is 52.7 Å². The Labute approximate surface area is 163 Å². The van der Waals surface area contributed by atoms with E-state index in [0.29, 0.717) is 28.0 Å². The number of H-pyrrole nitrogens is 1. The van der Waals surface area contributed by atoms with Gasteiger partial charge in [-0.25, -0.2) is 9.37 Å². The van der Waals surface area contributed by atoms with Crippen LogP contribution in [0.2, 0.25) is 0 Å². The largest absolute Gasteiger partial charge is 0.494 e. The van der Waals surface area contributed by atoms with Gasteiger partial charge in [0, 0.05) is 12.1 Å². The summed E-state index contributed by atoms with van der Waals surface area (Å²) < 4.78 is 20.9. The maximum absolute atomic E-state index is 13.8. The van der Waals surface area contributed by atoms with Gasteiger partial charge in [0.1, 0.15) is 0 Å². The summed E-state index contributed by atoms with van der Waals surface area (Å²) in [5, 5.41) is 10.0. The fraction of sp³-hybridized carbons (Fsp3) is 0.176. The van der Waals surface area contributed by atoms with Gasteiger partial charge in [-0.1, -0.05) is 17.4 Å². The molecule has 3 rings (SSSR count). The number of benzene rings is 1. The molecule has 0 saturated carbocycles. The predicted molar refractivity (Wildman–Crippen MR) is 104 cm³/mol. The summed E-state index contributed by atoms with van der Waals surface area (Å²) in [6.07, 6.45) is 1.71. The molecule has 140 valence electrons. The van der Waals surface area contributed by atoms with Crippen LogP contribution in [0.5, 0.6) is 5.75 Å². The SMILES string of the molecule is C=CCn1c(-c2sc(NC(=O)c3ccc(OC)c(F)c3)nc2C)n[nH]c1=S. The van der Waals surface area contributed by atoms with Crippen molar-refractivity contribution >= 4 is 34.6 Å². The number of aromatic amines is 1. The van der Waals surface area contributed by atoms with E-state index in [9.17, 15) is 9.18 Å². The molecule has 2 heterocycles. The van der Waals surface area contributed by atoms with Gasteiger partial charge in [0.25, 0.3) is 5.91 Å². The monoisotopic (exact) mass is 405 g/mol. The first-order valence-electron chi connectivity index (χ1n) is 7.83. The number of amides is 1. The van der Waals surface area contributed by atoms with Gasteiger partial charge in [-0.2, -0.15) is 5.10 Å². The summed E-state index contributed by atoms with van der Waals surface area (Å²) in [6, 6.07) is 3.99. The summed E-state index contributed by atoms with van der Waals surface area (Å²) in [5.41, 5.74) is 0.854. The van der Waals surface area contributed by atoms with Crippen LogP contribution in [0.25, 0.3) is 10.7 Å². The first-order chi connectivity index (χ1) is 12.9. The maximum atomic E-state index is 13.8. The second-order valence-corrected chi connectivity index (χ2v) is 6.87. The lowest BCUT2D eigenvalue weighted by molar-refractivity contribution is 0.102. The second-order valence-electron chi connectivity index (χ2n) is 5.49. The molecule has 0 spiro atoms. The zero-order chi connectivity index (χ0) is 19.6. The average Bonchev–Trinajstić information content (AvgIpc) is 3.17. The molecule has 2 aromatic heterocycles. The highest BCUT2D eigenvalue weighted by Crippen LogP contribution is 2.32. The smallest absolute Gasteiger partial charge is 0.257 e. The molecular weight excluding hydrogens is 389 g/mol. The van der Waals surface area contributed by atoms with Gasteiger partial charge in [0.2, 0.25) is 0 Å². The van der Waals surface area contributed by atoms with E-state index in [1.807, 2.05) is 6.92 Å². The summed E-state index contributed by atoms with van der Waals surface area (Å²) in [4.78, 5) is 17.5. The highest BCUT2D eigenvalue weighted by molar-refractivity contribution is 7.71. The van der Waals surface area contributed by atoms with Crippen LogP contribution in [0, 0.1) is 17.5 Å². The van der Waals surface area contributed by atoms with E-state index < -0.39 is 11.7 Å². The molecule has 0 aliphatic heterocycles. The van der Waals surface area contributed by atoms with Gasteiger partial charge < -0.3 is 4.74 Å². The highest BCUT2D eigenvalue weighted by atomic mass is 32.1. The van der Waals surface area contributed by atoms with Crippen LogP contribution >= 0.6 is 23.6 Å². The number of aryl methyl sites for hydroxylation is 1. The lowest BCUT2D eigenvalue weighted by atomic mass is 10.2. The number of ether oxygens (including phenoxy) is 1. The summed E-state index contributed by atoms with van der Waals surface area (Å²) in [5.74, 6) is -0.391. The summed E-state index contributed by atoms with van der Waals surface area (Å²) >= 11 is 6.48. The third-order valence-electron chi connectivity index (χ3n) is 3.70. The molecule has 0 radical (unpaired) electrons. The Kier molecular flexibility index (Phi) is 5.47. The van der Waals surface area contributed by atoms with Gasteiger partial charge in [-0.15, -0.1) is 6.58 Å². The molecule has 1 amide bonds. The van der Waals surface area contributed by atoms with Crippen molar-refractivity contribution in [1.29, 1.82) is 0 Å². The van der Waals surface area contributed by atoms with E-state index >= 15 is 0 Å². The van der Waals surface area contributed by atoms with Crippen LogP contribution in [0.3, 0.4) is 0 Å². The molecule has 2 N–H and O–H groups in total. The first kappa shape index (κ1) is 18.9. The van der Waals surface area contributed by atoms with E-state index in [-0.39, 0.29) is 11.3 Å². The van der Waals surface area contributed by atoms with Crippen molar-refractivity contribution in [2.24, 2.45) is 0 Å². The second kappa shape index (κ2) is 7.80. The van der Waals surface area contributed by atoms with Gasteiger partial charge in [-0.3, -0.25) is 19.8 Å². The molecule has 7 nitrogen and oxygen atoms in total. The average molecular weight is 405 g/mol. The number of carbonyl (C=O) groups is 1.